The van der Waals surface area contributed by atoms with Crippen LogP contribution in [0.5, 0.6) is 0 Å². The van der Waals surface area contributed by atoms with Crippen LogP contribution in [0, 0.1) is 0 Å². The quantitative estimate of drug-likeness (QED) is 0.791. The number of hydrogen-bond donors (Lipinski definition) is 0. The molecular weight excluding hydrogens is 330 g/mol. The molecular formula is C18H18ClNO2S. The van der Waals surface area contributed by atoms with Gasteiger partial charge in [-0.2, -0.15) is 0 Å². The van der Waals surface area contributed by atoms with Gasteiger partial charge in [0.2, 0.25) is 0 Å². The topological polar surface area (TPSA) is 29.5 Å². The minimum absolute atomic E-state index is 0.0190. The first-order chi connectivity index (χ1) is 10.9. The molecule has 120 valence electrons. The maximum atomic E-state index is 13.1. The molecule has 1 aromatic heterocycles. The Hall–Kier alpha value is -1.78. The SMILES string of the molecule is CC1=C(c2ccccc2)C(=O)N(C(C)(C)c2ccc(Cl)s2)CO1. The van der Waals surface area contributed by atoms with Gasteiger partial charge in [-0.15, -0.1) is 11.3 Å². The van der Waals surface area contributed by atoms with Crippen LogP contribution in [0.15, 0.2) is 48.2 Å². The summed E-state index contributed by atoms with van der Waals surface area (Å²) in [5.41, 5.74) is 1.00. The zero-order chi connectivity index (χ0) is 16.6. The smallest absolute Gasteiger partial charge is 0.261 e. The third kappa shape index (κ3) is 2.89. The normalized spacial score (nSPS) is 15.8. The van der Waals surface area contributed by atoms with Gasteiger partial charge in [-0.25, -0.2) is 0 Å². The summed E-state index contributed by atoms with van der Waals surface area (Å²) < 4.78 is 6.52. The third-order valence-electron chi connectivity index (χ3n) is 4.13. The zero-order valence-electron chi connectivity index (χ0n) is 13.3. The molecule has 1 aromatic carbocycles. The van der Waals surface area contributed by atoms with Crippen LogP contribution in [0.4, 0.5) is 0 Å². The number of carbonyl (C=O) groups is 1. The lowest BCUT2D eigenvalue weighted by Crippen LogP contribution is -2.48. The van der Waals surface area contributed by atoms with Crippen LogP contribution in [0.1, 0.15) is 31.2 Å². The molecule has 0 radical (unpaired) electrons. The van der Waals surface area contributed by atoms with Crippen LogP contribution in [0.3, 0.4) is 0 Å². The monoisotopic (exact) mass is 347 g/mol. The molecule has 0 N–H and O–H groups in total. The van der Waals surface area contributed by atoms with Crippen molar-refractivity contribution < 1.29 is 9.53 Å². The summed E-state index contributed by atoms with van der Waals surface area (Å²) >= 11 is 7.55. The van der Waals surface area contributed by atoms with E-state index in [0.29, 0.717) is 15.7 Å². The number of halogens is 1. The van der Waals surface area contributed by atoms with E-state index in [1.54, 1.807) is 4.90 Å². The fourth-order valence-electron chi connectivity index (χ4n) is 2.70. The predicted octanol–water partition coefficient (Wildman–Crippen LogP) is 4.88. The highest BCUT2D eigenvalue weighted by atomic mass is 35.5. The van der Waals surface area contributed by atoms with Crippen molar-refractivity contribution in [3.63, 3.8) is 0 Å². The predicted molar refractivity (Wildman–Crippen MR) is 94.2 cm³/mol. The molecule has 0 atom stereocenters. The van der Waals surface area contributed by atoms with Crippen molar-refractivity contribution >= 4 is 34.4 Å². The van der Waals surface area contributed by atoms with Crippen LogP contribution in [-0.4, -0.2) is 17.5 Å². The minimum Gasteiger partial charge on any atom is -0.477 e. The number of benzene rings is 1. The first-order valence-corrected chi connectivity index (χ1v) is 8.57. The Morgan fingerprint density at radius 2 is 1.87 bits per heavy atom. The highest BCUT2D eigenvalue weighted by Crippen LogP contribution is 2.39. The van der Waals surface area contributed by atoms with Gasteiger partial charge in [0.15, 0.2) is 6.73 Å². The van der Waals surface area contributed by atoms with Gasteiger partial charge in [-0.05, 0) is 38.5 Å². The fraction of sp³-hybridized carbons (Fsp3) is 0.278. The molecule has 0 unspecified atom stereocenters. The van der Waals surface area contributed by atoms with Gasteiger partial charge < -0.3 is 4.74 Å². The van der Waals surface area contributed by atoms with E-state index in [2.05, 4.69) is 0 Å². The molecule has 0 saturated carbocycles. The molecule has 1 aliphatic heterocycles. The standard InChI is InChI=1S/C18H18ClNO2S/c1-12-16(13-7-5-4-6-8-13)17(21)20(11-22-12)18(2,3)14-9-10-15(19)23-14/h4-10H,11H2,1-3H3. The number of ether oxygens (including phenoxy) is 1. The van der Waals surface area contributed by atoms with Crippen LogP contribution >= 0.6 is 22.9 Å². The van der Waals surface area contributed by atoms with E-state index in [1.807, 2.05) is 63.2 Å². The molecule has 3 nitrogen and oxygen atoms in total. The van der Waals surface area contributed by atoms with Gasteiger partial charge in [0.1, 0.15) is 5.76 Å². The van der Waals surface area contributed by atoms with Crippen molar-refractivity contribution in [1.29, 1.82) is 0 Å². The Balaban J connectivity index is 1.99. The molecule has 23 heavy (non-hydrogen) atoms. The van der Waals surface area contributed by atoms with E-state index in [4.69, 9.17) is 16.3 Å². The molecule has 1 amide bonds. The highest BCUT2D eigenvalue weighted by Gasteiger charge is 2.39. The number of carbonyl (C=O) groups excluding carboxylic acids is 1. The number of hydrogen-bond acceptors (Lipinski definition) is 3. The Bertz CT molecular complexity index is 764. The van der Waals surface area contributed by atoms with Crippen molar-refractivity contribution in [3.05, 3.63) is 63.0 Å². The van der Waals surface area contributed by atoms with E-state index in [0.717, 1.165) is 10.4 Å². The third-order valence-corrected chi connectivity index (χ3v) is 5.68. The van der Waals surface area contributed by atoms with Crippen LogP contribution in [0.25, 0.3) is 5.57 Å². The van der Waals surface area contributed by atoms with E-state index < -0.39 is 5.54 Å². The number of rotatable bonds is 3. The summed E-state index contributed by atoms with van der Waals surface area (Å²) in [6.07, 6.45) is 0. The lowest BCUT2D eigenvalue weighted by atomic mass is 9.96. The van der Waals surface area contributed by atoms with Gasteiger partial charge in [0, 0.05) is 4.88 Å². The van der Waals surface area contributed by atoms with Crippen LogP contribution in [0.2, 0.25) is 4.34 Å². The van der Waals surface area contributed by atoms with Crippen molar-refractivity contribution in [2.45, 2.75) is 26.3 Å². The molecule has 3 rings (SSSR count). The molecule has 0 spiro atoms. The van der Waals surface area contributed by atoms with E-state index in [9.17, 15) is 4.79 Å². The van der Waals surface area contributed by atoms with E-state index in [-0.39, 0.29) is 12.6 Å². The second-order valence-electron chi connectivity index (χ2n) is 5.97. The Morgan fingerprint density at radius 1 is 1.17 bits per heavy atom. The van der Waals surface area contributed by atoms with Crippen molar-refractivity contribution in [1.82, 2.24) is 4.90 Å². The lowest BCUT2D eigenvalue weighted by molar-refractivity contribution is -0.139. The van der Waals surface area contributed by atoms with Crippen LogP contribution in [-0.2, 0) is 15.1 Å². The number of amides is 1. The molecule has 5 heteroatoms. The van der Waals surface area contributed by atoms with Crippen molar-refractivity contribution in [2.24, 2.45) is 0 Å². The van der Waals surface area contributed by atoms with Gasteiger partial charge in [-0.3, -0.25) is 9.69 Å². The molecule has 0 aliphatic carbocycles. The van der Waals surface area contributed by atoms with Gasteiger partial charge in [0.25, 0.3) is 5.91 Å². The van der Waals surface area contributed by atoms with Crippen LogP contribution < -0.4 is 0 Å². The Morgan fingerprint density at radius 3 is 2.48 bits per heavy atom. The average Bonchev–Trinajstić information content (AvgIpc) is 2.95. The maximum absolute atomic E-state index is 13.1. The lowest BCUT2D eigenvalue weighted by Gasteiger charge is -2.41. The summed E-state index contributed by atoms with van der Waals surface area (Å²) in [4.78, 5) is 15.9. The largest absolute Gasteiger partial charge is 0.477 e. The summed E-state index contributed by atoms with van der Waals surface area (Å²) in [6.45, 7) is 6.11. The molecule has 0 bridgehead atoms. The summed E-state index contributed by atoms with van der Waals surface area (Å²) in [5.74, 6) is 0.645. The van der Waals surface area contributed by atoms with E-state index >= 15 is 0 Å². The van der Waals surface area contributed by atoms with Gasteiger partial charge >= 0.3 is 0 Å². The number of thiophene rings is 1. The van der Waals surface area contributed by atoms with Gasteiger partial charge in [0.05, 0.1) is 15.4 Å². The zero-order valence-corrected chi connectivity index (χ0v) is 14.9. The number of nitrogens with zero attached hydrogens (tertiary/aromatic N) is 1. The molecule has 0 fully saturated rings. The highest BCUT2D eigenvalue weighted by molar-refractivity contribution is 7.16. The van der Waals surface area contributed by atoms with Crippen molar-refractivity contribution in [3.8, 4) is 0 Å². The first-order valence-electron chi connectivity index (χ1n) is 7.38. The number of allylic oxidation sites excluding steroid dienone is 1. The summed E-state index contributed by atoms with van der Waals surface area (Å²) in [6, 6.07) is 13.5. The van der Waals surface area contributed by atoms with E-state index in [1.165, 1.54) is 11.3 Å². The summed E-state index contributed by atoms with van der Waals surface area (Å²) in [7, 11) is 0. The summed E-state index contributed by atoms with van der Waals surface area (Å²) in [5, 5.41) is 0. The Labute approximate surface area is 145 Å². The fourth-order valence-corrected chi connectivity index (χ4v) is 3.86. The minimum atomic E-state index is -0.490. The molecule has 2 heterocycles. The molecule has 1 aliphatic rings. The van der Waals surface area contributed by atoms with Crippen molar-refractivity contribution in [2.75, 3.05) is 6.73 Å². The average molecular weight is 348 g/mol. The second kappa shape index (κ2) is 6.02. The second-order valence-corrected chi connectivity index (χ2v) is 7.68. The van der Waals surface area contributed by atoms with Gasteiger partial charge in [-0.1, -0.05) is 41.9 Å². The molecule has 0 saturated heterocycles. The Kier molecular flexibility index (Phi) is 4.21. The molecule has 2 aromatic rings. The first kappa shape index (κ1) is 16.1. The maximum Gasteiger partial charge on any atom is 0.261 e.